The smallest absolute Gasteiger partial charge is 0.176 e. The monoisotopic (exact) mass is 252 g/mol. The second-order valence-corrected chi connectivity index (χ2v) is 3.96. The van der Waals surface area contributed by atoms with Crippen molar-refractivity contribution >= 4 is 0 Å². The van der Waals surface area contributed by atoms with Crippen molar-refractivity contribution < 1.29 is 4.74 Å². The van der Waals surface area contributed by atoms with Crippen LogP contribution in [0.3, 0.4) is 0 Å². The summed E-state index contributed by atoms with van der Waals surface area (Å²) in [6.45, 7) is 0.615. The highest BCUT2D eigenvalue weighted by Gasteiger charge is 2.09. The molecule has 0 aliphatic carbocycles. The predicted octanol–water partition coefficient (Wildman–Crippen LogP) is 1.88. The Hall–Kier alpha value is -2.79. The topological polar surface area (TPSA) is 74.6 Å². The number of aromatic nitrogens is 2. The Morgan fingerprint density at radius 3 is 2.53 bits per heavy atom. The molecular weight excluding hydrogens is 240 g/mol. The van der Waals surface area contributed by atoms with Crippen LogP contribution in [0.15, 0.2) is 30.6 Å². The number of ether oxygens (including phenoxy) is 1. The molecule has 0 saturated heterocycles. The van der Waals surface area contributed by atoms with E-state index in [-0.39, 0.29) is 5.69 Å². The molecule has 19 heavy (non-hydrogen) atoms. The number of methoxy groups -OCH3 is 1. The van der Waals surface area contributed by atoms with Gasteiger partial charge < -0.3 is 9.30 Å². The van der Waals surface area contributed by atoms with Gasteiger partial charge in [0.1, 0.15) is 17.9 Å². The van der Waals surface area contributed by atoms with Gasteiger partial charge in [-0.05, 0) is 24.1 Å². The fourth-order valence-corrected chi connectivity index (χ4v) is 1.79. The molecule has 2 aromatic rings. The molecule has 0 spiro atoms. The van der Waals surface area contributed by atoms with Crippen molar-refractivity contribution in [2.45, 2.75) is 13.0 Å². The third-order valence-electron chi connectivity index (χ3n) is 2.85. The van der Waals surface area contributed by atoms with Crippen LogP contribution in [0, 0.1) is 22.7 Å². The lowest BCUT2D eigenvalue weighted by molar-refractivity contribution is 0.414. The summed E-state index contributed by atoms with van der Waals surface area (Å²) < 4.78 is 6.79. The van der Waals surface area contributed by atoms with Crippen LogP contribution in [0.1, 0.15) is 17.0 Å². The largest absolute Gasteiger partial charge is 0.497 e. The van der Waals surface area contributed by atoms with Crippen molar-refractivity contribution in [3.8, 4) is 17.9 Å². The minimum Gasteiger partial charge on any atom is -0.497 e. The normalized spacial score (nSPS) is 9.63. The Kier molecular flexibility index (Phi) is 3.80. The van der Waals surface area contributed by atoms with E-state index in [9.17, 15) is 0 Å². The molecule has 1 aromatic carbocycles. The lowest BCUT2D eigenvalue weighted by Crippen LogP contribution is -2.03. The highest BCUT2D eigenvalue weighted by Crippen LogP contribution is 2.13. The number of nitrogens with zero attached hydrogens (tertiary/aromatic N) is 4. The molecule has 1 aromatic heterocycles. The van der Waals surface area contributed by atoms with Crippen molar-refractivity contribution in [3.05, 3.63) is 47.5 Å². The molecular formula is C14H12N4O. The molecule has 0 aliphatic rings. The van der Waals surface area contributed by atoms with Crippen LogP contribution in [0.25, 0.3) is 0 Å². The van der Waals surface area contributed by atoms with Crippen molar-refractivity contribution in [2.75, 3.05) is 7.11 Å². The van der Waals surface area contributed by atoms with Gasteiger partial charge in [-0.2, -0.15) is 10.5 Å². The molecule has 0 N–H and O–H groups in total. The van der Waals surface area contributed by atoms with E-state index in [1.807, 2.05) is 36.4 Å². The maximum Gasteiger partial charge on any atom is 0.176 e. The lowest BCUT2D eigenvalue weighted by atomic mass is 10.1. The zero-order valence-corrected chi connectivity index (χ0v) is 10.5. The summed E-state index contributed by atoms with van der Waals surface area (Å²) in [6.07, 6.45) is 2.29. The van der Waals surface area contributed by atoms with E-state index >= 15 is 0 Å². The number of hydrogen-bond acceptors (Lipinski definition) is 4. The Bertz CT molecular complexity index is 644. The van der Waals surface area contributed by atoms with E-state index in [1.165, 1.54) is 6.33 Å². The molecule has 0 atom stereocenters. The van der Waals surface area contributed by atoms with Gasteiger partial charge in [-0.25, -0.2) is 4.98 Å². The lowest BCUT2D eigenvalue weighted by Gasteiger charge is -2.05. The van der Waals surface area contributed by atoms with Crippen LogP contribution < -0.4 is 4.74 Å². The molecule has 0 aliphatic heterocycles. The van der Waals surface area contributed by atoms with Gasteiger partial charge in [0.25, 0.3) is 0 Å². The summed E-state index contributed by atoms with van der Waals surface area (Å²) in [5.41, 5.74) is 1.63. The third-order valence-corrected chi connectivity index (χ3v) is 2.85. The average Bonchev–Trinajstić information content (AvgIpc) is 2.87. The van der Waals surface area contributed by atoms with E-state index in [0.29, 0.717) is 12.2 Å². The highest BCUT2D eigenvalue weighted by molar-refractivity contribution is 5.36. The molecule has 0 bridgehead atoms. The molecule has 2 rings (SSSR count). The summed E-state index contributed by atoms with van der Waals surface area (Å²) >= 11 is 0. The van der Waals surface area contributed by atoms with Crippen LogP contribution in [0.4, 0.5) is 0 Å². The quantitative estimate of drug-likeness (QED) is 0.832. The first-order chi connectivity index (χ1) is 9.28. The molecule has 0 unspecified atom stereocenters. The predicted molar refractivity (Wildman–Crippen MR) is 68.4 cm³/mol. The average molecular weight is 252 g/mol. The van der Waals surface area contributed by atoms with Crippen LogP contribution >= 0.6 is 0 Å². The molecule has 5 nitrogen and oxygen atoms in total. The van der Waals surface area contributed by atoms with Gasteiger partial charge >= 0.3 is 0 Å². The fraction of sp³-hybridized carbons (Fsp3) is 0.214. The summed E-state index contributed by atoms with van der Waals surface area (Å²) in [5, 5.41) is 17.8. The molecule has 94 valence electrons. The van der Waals surface area contributed by atoms with Gasteiger partial charge in [0.2, 0.25) is 0 Å². The van der Waals surface area contributed by atoms with E-state index < -0.39 is 0 Å². The number of benzene rings is 1. The van der Waals surface area contributed by atoms with Crippen molar-refractivity contribution in [1.82, 2.24) is 9.55 Å². The summed E-state index contributed by atoms with van der Waals surface area (Å²) in [6, 6.07) is 11.7. The van der Waals surface area contributed by atoms with Crippen LogP contribution in [-0.2, 0) is 13.0 Å². The van der Waals surface area contributed by atoms with E-state index in [2.05, 4.69) is 4.98 Å². The minimum absolute atomic E-state index is 0.178. The van der Waals surface area contributed by atoms with E-state index in [4.69, 9.17) is 15.3 Å². The Morgan fingerprint density at radius 2 is 1.95 bits per heavy atom. The van der Waals surface area contributed by atoms with E-state index in [0.717, 1.165) is 17.7 Å². The third kappa shape index (κ3) is 2.72. The molecule has 0 fully saturated rings. The first kappa shape index (κ1) is 12.7. The van der Waals surface area contributed by atoms with Crippen molar-refractivity contribution in [3.63, 3.8) is 0 Å². The van der Waals surface area contributed by atoms with Crippen LogP contribution in [0.5, 0.6) is 5.75 Å². The molecule has 0 saturated carbocycles. The van der Waals surface area contributed by atoms with Crippen LogP contribution in [0.2, 0.25) is 0 Å². The maximum atomic E-state index is 9.01. The number of nitriles is 2. The van der Waals surface area contributed by atoms with Crippen LogP contribution in [-0.4, -0.2) is 16.7 Å². The van der Waals surface area contributed by atoms with Gasteiger partial charge in [-0.3, -0.25) is 0 Å². The van der Waals surface area contributed by atoms with Gasteiger partial charge in [0, 0.05) is 6.54 Å². The minimum atomic E-state index is 0.178. The zero-order valence-electron chi connectivity index (χ0n) is 10.5. The van der Waals surface area contributed by atoms with Crippen molar-refractivity contribution in [2.24, 2.45) is 0 Å². The number of rotatable bonds is 4. The first-order valence-electron chi connectivity index (χ1n) is 5.76. The Labute approximate surface area is 111 Å². The number of aryl methyl sites for hydroxylation is 2. The molecule has 1 heterocycles. The summed E-state index contributed by atoms with van der Waals surface area (Å²) in [5.74, 6) is 0.816. The zero-order chi connectivity index (χ0) is 13.7. The highest BCUT2D eigenvalue weighted by atomic mass is 16.5. The molecule has 5 heteroatoms. The maximum absolute atomic E-state index is 9.01. The second-order valence-electron chi connectivity index (χ2n) is 3.96. The number of hydrogen-bond donors (Lipinski definition) is 0. The molecule has 0 amide bonds. The van der Waals surface area contributed by atoms with Gasteiger partial charge in [-0.1, -0.05) is 12.1 Å². The second kappa shape index (κ2) is 5.70. The van der Waals surface area contributed by atoms with Gasteiger partial charge in [0.15, 0.2) is 11.4 Å². The fourth-order valence-electron chi connectivity index (χ4n) is 1.79. The molecule has 0 radical (unpaired) electrons. The Morgan fingerprint density at radius 1 is 1.21 bits per heavy atom. The summed E-state index contributed by atoms with van der Waals surface area (Å²) in [7, 11) is 1.63. The standard InChI is InChI=1S/C14H12N4O/c1-19-12-4-2-11(3-5-12)6-7-18-10-17-13(8-15)14(18)9-16/h2-5,10H,6-7H2,1H3. The van der Waals surface area contributed by atoms with Gasteiger partial charge in [0.05, 0.1) is 13.4 Å². The first-order valence-corrected chi connectivity index (χ1v) is 5.76. The number of imidazole rings is 1. The van der Waals surface area contributed by atoms with Crippen molar-refractivity contribution in [1.29, 1.82) is 10.5 Å². The van der Waals surface area contributed by atoms with Gasteiger partial charge in [-0.15, -0.1) is 0 Å². The SMILES string of the molecule is COc1ccc(CCn2cnc(C#N)c2C#N)cc1. The summed E-state index contributed by atoms with van der Waals surface area (Å²) in [4.78, 5) is 3.90. The van der Waals surface area contributed by atoms with E-state index in [1.54, 1.807) is 11.7 Å². The Balaban J connectivity index is 2.08.